The van der Waals surface area contributed by atoms with Crippen LogP contribution in [0.15, 0.2) is 30.3 Å². The standard InChI is InChI=1S/C20H30N2O5/c1-20(2,3)27-19(25)22(17-10-7-11-21(14-17)18(23)24)12-13-26-15-16-8-5-4-6-9-16/h4-6,8-9,17H,7,10-15H2,1-3H3,(H,23,24)/t17-/m0/s1. The van der Waals surface area contributed by atoms with Crippen LogP contribution in [0.4, 0.5) is 9.59 Å². The monoisotopic (exact) mass is 378 g/mol. The van der Waals surface area contributed by atoms with Crippen molar-refractivity contribution in [2.75, 3.05) is 26.2 Å². The van der Waals surface area contributed by atoms with E-state index < -0.39 is 17.8 Å². The summed E-state index contributed by atoms with van der Waals surface area (Å²) in [6.45, 7) is 7.44. The molecular weight excluding hydrogens is 348 g/mol. The predicted molar refractivity (Wildman–Crippen MR) is 102 cm³/mol. The Labute approximate surface area is 160 Å². The Balaban J connectivity index is 1.96. The van der Waals surface area contributed by atoms with E-state index >= 15 is 0 Å². The molecule has 1 aromatic rings. The van der Waals surface area contributed by atoms with E-state index in [4.69, 9.17) is 9.47 Å². The second kappa shape index (κ2) is 9.60. The van der Waals surface area contributed by atoms with Gasteiger partial charge in [0.05, 0.1) is 19.3 Å². The molecule has 1 saturated heterocycles. The summed E-state index contributed by atoms with van der Waals surface area (Å²) < 4.78 is 11.2. The zero-order valence-corrected chi connectivity index (χ0v) is 16.4. The Hall–Kier alpha value is -2.28. The van der Waals surface area contributed by atoms with Crippen LogP contribution in [-0.2, 0) is 16.1 Å². The van der Waals surface area contributed by atoms with Crippen LogP contribution in [-0.4, -0.2) is 65.0 Å². The Morgan fingerprint density at radius 2 is 1.96 bits per heavy atom. The Kier molecular flexibility index (Phi) is 7.47. The molecule has 1 aromatic carbocycles. The highest BCUT2D eigenvalue weighted by molar-refractivity contribution is 5.69. The maximum atomic E-state index is 12.7. The molecule has 0 bridgehead atoms. The molecule has 2 amide bonds. The molecule has 1 fully saturated rings. The van der Waals surface area contributed by atoms with Gasteiger partial charge >= 0.3 is 12.2 Å². The molecule has 0 unspecified atom stereocenters. The number of amides is 2. The minimum Gasteiger partial charge on any atom is -0.465 e. The minimum atomic E-state index is -0.954. The number of nitrogens with zero attached hydrogens (tertiary/aromatic N) is 2. The van der Waals surface area contributed by atoms with E-state index in [1.165, 1.54) is 4.90 Å². The van der Waals surface area contributed by atoms with E-state index in [9.17, 15) is 14.7 Å². The quantitative estimate of drug-likeness (QED) is 0.766. The lowest BCUT2D eigenvalue weighted by Crippen LogP contribution is -2.53. The number of benzene rings is 1. The van der Waals surface area contributed by atoms with Gasteiger partial charge in [-0.1, -0.05) is 30.3 Å². The van der Waals surface area contributed by atoms with Crippen molar-refractivity contribution >= 4 is 12.2 Å². The summed E-state index contributed by atoms with van der Waals surface area (Å²) in [5.74, 6) is 0. The van der Waals surface area contributed by atoms with Gasteiger partial charge in [0.25, 0.3) is 0 Å². The van der Waals surface area contributed by atoms with Crippen LogP contribution in [0, 0.1) is 0 Å². The van der Waals surface area contributed by atoms with Crippen LogP contribution in [0.5, 0.6) is 0 Å². The first-order valence-electron chi connectivity index (χ1n) is 9.35. The first-order chi connectivity index (χ1) is 12.8. The first-order valence-corrected chi connectivity index (χ1v) is 9.35. The third-order valence-electron chi connectivity index (χ3n) is 4.32. The molecule has 0 saturated carbocycles. The molecule has 0 radical (unpaired) electrons. The highest BCUT2D eigenvalue weighted by atomic mass is 16.6. The largest absolute Gasteiger partial charge is 0.465 e. The van der Waals surface area contributed by atoms with Gasteiger partial charge in [-0.15, -0.1) is 0 Å². The number of likely N-dealkylation sites (tertiary alicyclic amines) is 1. The third kappa shape index (κ3) is 7.09. The van der Waals surface area contributed by atoms with Gasteiger partial charge in [-0.25, -0.2) is 9.59 Å². The van der Waals surface area contributed by atoms with Gasteiger partial charge in [0.2, 0.25) is 0 Å². The molecule has 150 valence electrons. The summed E-state index contributed by atoms with van der Waals surface area (Å²) in [7, 11) is 0. The number of carboxylic acid groups (broad SMARTS) is 1. The summed E-state index contributed by atoms with van der Waals surface area (Å²) in [6.07, 6.45) is 0.0928. The fourth-order valence-corrected chi connectivity index (χ4v) is 3.05. The molecule has 0 aromatic heterocycles. The van der Waals surface area contributed by atoms with Crippen LogP contribution in [0.25, 0.3) is 0 Å². The van der Waals surface area contributed by atoms with Crippen LogP contribution < -0.4 is 0 Å². The number of ether oxygens (including phenoxy) is 2. The maximum absolute atomic E-state index is 12.7. The number of hydrogen-bond acceptors (Lipinski definition) is 4. The minimum absolute atomic E-state index is 0.204. The van der Waals surface area contributed by atoms with Crippen molar-refractivity contribution in [3.05, 3.63) is 35.9 Å². The van der Waals surface area contributed by atoms with Gasteiger partial charge in [-0.3, -0.25) is 0 Å². The summed E-state index contributed by atoms with van der Waals surface area (Å²) in [5.41, 5.74) is 0.456. The molecule has 0 aliphatic carbocycles. The highest BCUT2D eigenvalue weighted by Crippen LogP contribution is 2.19. The summed E-state index contributed by atoms with van der Waals surface area (Å²) in [5, 5.41) is 9.27. The Morgan fingerprint density at radius 1 is 1.26 bits per heavy atom. The van der Waals surface area contributed by atoms with Crippen molar-refractivity contribution in [1.29, 1.82) is 0 Å². The molecule has 7 nitrogen and oxygen atoms in total. The fraction of sp³-hybridized carbons (Fsp3) is 0.600. The van der Waals surface area contributed by atoms with E-state index in [0.717, 1.165) is 18.4 Å². The molecule has 1 aliphatic heterocycles. The van der Waals surface area contributed by atoms with Crippen LogP contribution in [0.1, 0.15) is 39.2 Å². The van der Waals surface area contributed by atoms with E-state index in [0.29, 0.717) is 32.8 Å². The Bertz CT molecular complexity index is 615. The van der Waals surface area contributed by atoms with E-state index in [-0.39, 0.29) is 6.04 Å². The lowest BCUT2D eigenvalue weighted by atomic mass is 10.0. The zero-order chi connectivity index (χ0) is 19.9. The van der Waals surface area contributed by atoms with Gasteiger partial charge in [0.1, 0.15) is 5.60 Å². The molecule has 1 aliphatic rings. The summed E-state index contributed by atoms with van der Waals surface area (Å²) >= 11 is 0. The fourth-order valence-electron chi connectivity index (χ4n) is 3.05. The molecule has 1 heterocycles. The van der Waals surface area contributed by atoms with Gasteiger partial charge in [0, 0.05) is 19.6 Å². The first kappa shape index (κ1) is 21.0. The topological polar surface area (TPSA) is 79.3 Å². The summed E-state index contributed by atoms with van der Waals surface area (Å²) in [6, 6.07) is 9.62. The van der Waals surface area contributed by atoms with Crippen molar-refractivity contribution in [3.63, 3.8) is 0 Å². The second-order valence-electron chi connectivity index (χ2n) is 7.74. The molecule has 1 atom stereocenters. The van der Waals surface area contributed by atoms with Gasteiger partial charge in [0.15, 0.2) is 0 Å². The molecular formula is C20H30N2O5. The van der Waals surface area contributed by atoms with Crippen molar-refractivity contribution in [2.24, 2.45) is 0 Å². The lowest BCUT2D eigenvalue weighted by Gasteiger charge is -2.38. The smallest absolute Gasteiger partial charge is 0.410 e. The second-order valence-corrected chi connectivity index (χ2v) is 7.74. The predicted octanol–water partition coefficient (Wildman–Crippen LogP) is 3.58. The molecule has 27 heavy (non-hydrogen) atoms. The molecule has 7 heteroatoms. The van der Waals surface area contributed by atoms with Crippen molar-refractivity contribution in [2.45, 2.75) is 51.9 Å². The van der Waals surface area contributed by atoms with Crippen molar-refractivity contribution in [1.82, 2.24) is 9.80 Å². The molecule has 2 rings (SSSR count). The lowest BCUT2D eigenvalue weighted by molar-refractivity contribution is -0.00305. The van der Waals surface area contributed by atoms with E-state index in [1.54, 1.807) is 4.90 Å². The number of rotatable bonds is 6. The SMILES string of the molecule is CC(C)(C)OC(=O)N(CCOCc1ccccc1)[C@H]1CCCN(C(=O)O)C1. The highest BCUT2D eigenvalue weighted by Gasteiger charge is 2.32. The Morgan fingerprint density at radius 3 is 2.59 bits per heavy atom. The van der Waals surface area contributed by atoms with Gasteiger partial charge < -0.3 is 24.4 Å². The maximum Gasteiger partial charge on any atom is 0.410 e. The number of hydrogen-bond donors (Lipinski definition) is 1. The summed E-state index contributed by atoms with van der Waals surface area (Å²) in [4.78, 5) is 27.0. The third-order valence-corrected chi connectivity index (χ3v) is 4.32. The number of piperidine rings is 1. The van der Waals surface area contributed by atoms with E-state index in [1.807, 2.05) is 51.1 Å². The number of carbonyl (C=O) groups is 2. The average Bonchev–Trinajstić information content (AvgIpc) is 2.61. The van der Waals surface area contributed by atoms with Crippen molar-refractivity contribution < 1.29 is 24.2 Å². The zero-order valence-electron chi connectivity index (χ0n) is 16.4. The van der Waals surface area contributed by atoms with Gasteiger partial charge in [-0.05, 0) is 39.2 Å². The molecule has 0 spiro atoms. The van der Waals surface area contributed by atoms with Crippen LogP contribution in [0.3, 0.4) is 0 Å². The van der Waals surface area contributed by atoms with Crippen molar-refractivity contribution in [3.8, 4) is 0 Å². The number of carbonyl (C=O) groups excluding carboxylic acids is 1. The van der Waals surface area contributed by atoms with E-state index in [2.05, 4.69) is 0 Å². The van der Waals surface area contributed by atoms with Gasteiger partial charge in [-0.2, -0.15) is 0 Å². The normalized spacial score (nSPS) is 17.4. The average molecular weight is 378 g/mol. The van der Waals surface area contributed by atoms with Crippen LogP contribution in [0.2, 0.25) is 0 Å². The molecule has 1 N–H and O–H groups in total. The van der Waals surface area contributed by atoms with Crippen LogP contribution >= 0.6 is 0 Å².